The first kappa shape index (κ1) is 15.5. The Balaban J connectivity index is 1.96. The predicted octanol–water partition coefficient (Wildman–Crippen LogP) is 4.93. The molecular formula is C20H23N2O+. The number of allylic oxidation sites excluding steroid dienone is 1. The summed E-state index contributed by atoms with van der Waals surface area (Å²) in [6.07, 6.45) is 2.33. The van der Waals surface area contributed by atoms with Gasteiger partial charge in [-0.1, -0.05) is 36.4 Å². The molecule has 0 saturated heterocycles. The van der Waals surface area contributed by atoms with Crippen molar-refractivity contribution in [3.05, 3.63) is 70.6 Å². The van der Waals surface area contributed by atoms with Gasteiger partial charge in [-0.2, -0.15) is 0 Å². The van der Waals surface area contributed by atoms with Crippen LogP contribution >= 0.6 is 0 Å². The molecule has 0 fully saturated rings. The Morgan fingerprint density at radius 3 is 2.35 bits per heavy atom. The molecule has 1 heterocycles. The Kier molecular flexibility index (Phi) is 3.80. The topological polar surface area (TPSA) is 23.3 Å². The zero-order valence-corrected chi connectivity index (χ0v) is 14.2. The Bertz CT molecular complexity index is 772. The minimum Gasteiger partial charge on any atom is -0.358 e. The van der Waals surface area contributed by atoms with Crippen LogP contribution in [-0.4, -0.2) is 17.3 Å². The van der Waals surface area contributed by atoms with Crippen molar-refractivity contribution in [1.82, 2.24) is 0 Å². The van der Waals surface area contributed by atoms with Crippen molar-refractivity contribution in [2.24, 2.45) is 0 Å². The van der Waals surface area contributed by atoms with Gasteiger partial charge in [0.2, 0.25) is 0 Å². The summed E-state index contributed by atoms with van der Waals surface area (Å²) >= 11 is 0. The molecule has 1 aliphatic heterocycles. The van der Waals surface area contributed by atoms with Gasteiger partial charge in [-0.05, 0) is 38.0 Å². The maximum atomic E-state index is 11.3. The minimum absolute atomic E-state index is 0.0492. The molecule has 3 nitrogen and oxygen atoms in total. The smallest absolute Gasteiger partial charge is 0.255 e. The van der Waals surface area contributed by atoms with Crippen LogP contribution in [0.3, 0.4) is 0 Å². The molecule has 0 spiro atoms. The van der Waals surface area contributed by atoms with Gasteiger partial charge < -0.3 is 4.90 Å². The summed E-state index contributed by atoms with van der Waals surface area (Å²) in [6, 6.07) is 16.4. The molecule has 23 heavy (non-hydrogen) atoms. The van der Waals surface area contributed by atoms with Crippen LogP contribution in [0, 0.1) is 4.91 Å². The molecule has 0 aromatic heterocycles. The van der Waals surface area contributed by atoms with E-state index in [4.69, 9.17) is 0 Å². The Morgan fingerprint density at radius 2 is 1.70 bits per heavy atom. The van der Waals surface area contributed by atoms with E-state index in [0.717, 1.165) is 11.3 Å². The number of hydrogen-bond acceptors (Lipinski definition) is 2. The summed E-state index contributed by atoms with van der Waals surface area (Å²) in [5, 5.41) is 0. The molecule has 0 unspecified atom stereocenters. The van der Waals surface area contributed by atoms with E-state index in [0.29, 0.717) is 5.69 Å². The number of hydrogen-bond donors (Lipinski definition) is 0. The van der Waals surface area contributed by atoms with Crippen LogP contribution in [0.15, 0.2) is 54.6 Å². The number of anilines is 1. The third-order valence-corrected chi connectivity index (χ3v) is 4.53. The van der Waals surface area contributed by atoms with Gasteiger partial charge in [-0.15, -0.1) is 0 Å². The molecular weight excluding hydrogens is 284 g/mol. The second-order valence-corrected chi connectivity index (χ2v) is 6.75. The van der Waals surface area contributed by atoms with Crippen molar-refractivity contribution in [2.75, 3.05) is 11.9 Å². The van der Waals surface area contributed by atoms with Crippen molar-refractivity contribution in [1.29, 1.82) is 0 Å². The zero-order chi connectivity index (χ0) is 16.6. The van der Waals surface area contributed by atoms with Crippen LogP contribution in [0.1, 0.15) is 31.9 Å². The zero-order valence-electron chi connectivity index (χ0n) is 14.2. The van der Waals surface area contributed by atoms with Gasteiger partial charge in [0.15, 0.2) is 7.05 Å². The Hall–Kier alpha value is -2.42. The molecule has 0 N–H and O–H groups in total. The molecule has 0 atom stereocenters. The van der Waals surface area contributed by atoms with E-state index in [2.05, 4.69) is 56.0 Å². The van der Waals surface area contributed by atoms with E-state index in [1.54, 1.807) is 0 Å². The lowest BCUT2D eigenvalue weighted by Crippen LogP contribution is -2.44. The summed E-state index contributed by atoms with van der Waals surface area (Å²) in [4.78, 5) is 13.8. The molecule has 2 aromatic carbocycles. The van der Waals surface area contributed by atoms with Gasteiger partial charge in [0.25, 0.3) is 5.69 Å². The van der Waals surface area contributed by atoms with E-state index in [1.807, 2.05) is 24.3 Å². The predicted molar refractivity (Wildman–Crippen MR) is 96.0 cm³/mol. The van der Waals surface area contributed by atoms with Gasteiger partial charge in [0.1, 0.15) is 0 Å². The number of benzene rings is 2. The average Bonchev–Trinajstić information content (AvgIpc) is 2.51. The Labute approximate surface area is 137 Å². The Morgan fingerprint density at radius 1 is 1.04 bits per heavy atom. The number of nitroso groups, excluding NO2 is 1. The average molecular weight is 307 g/mol. The van der Waals surface area contributed by atoms with Gasteiger partial charge >= 0.3 is 0 Å². The fraction of sp³-hybridized carbons (Fsp3) is 0.300. The number of rotatable bonds is 3. The van der Waals surface area contributed by atoms with Crippen molar-refractivity contribution in [3.63, 3.8) is 0 Å². The molecule has 0 saturated carbocycles. The first-order valence-electron chi connectivity index (χ1n) is 7.95. The highest BCUT2D eigenvalue weighted by Crippen LogP contribution is 2.39. The van der Waals surface area contributed by atoms with Crippen LogP contribution in [0.25, 0.3) is 5.57 Å². The summed E-state index contributed by atoms with van der Waals surface area (Å²) in [6.45, 7) is 7.48. The van der Waals surface area contributed by atoms with Crippen LogP contribution in [-0.2, 0) is 6.54 Å². The second kappa shape index (κ2) is 5.65. The molecule has 1 aliphatic rings. The maximum Gasteiger partial charge on any atom is 0.255 e. The monoisotopic (exact) mass is 307 g/mol. The molecule has 2 aromatic rings. The van der Waals surface area contributed by atoms with Crippen molar-refractivity contribution < 1.29 is 4.76 Å². The molecule has 0 bridgehead atoms. The van der Waals surface area contributed by atoms with Crippen LogP contribution in [0.2, 0.25) is 0 Å². The maximum absolute atomic E-state index is 11.3. The molecule has 0 radical (unpaired) electrons. The van der Waals surface area contributed by atoms with E-state index in [9.17, 15) is 4.91 Å². The SMILES string of the molecule is CC1=CC(C)(C)N(Cc2ccc([N+](C)=O)cc2)c2ccccc21. The number of fused-ring (bicyclic) bond motifs is 1. The van der Waals surface area contributed by atoms with Crippen LogP contribution in [0.5, 0.6) is 0 Å². The quantitative estimate of drug-likeness (QED) is 0.751. The summed E-state index contributed by atoms with van der Waals surface area (Å²) in [5.41, 5.74) is 5.72. The van der Waals surface area contributed by atoms with Crippen molar-refractivity contribution in [3.8, 4) is 0 Å². The van der Waals surface area contributed by atoms with Gasteiger partial charge in [-0.25, -0.2) is 0 Å². The summed E-state index contributed by atoms with van der Waals surface area (Å²) in [7, 11) is 1.52. The van der Waals surface area contributed by atoms with E-state index in [-0.39, 0.29) is 5.54 Å². The molecule has 0 aliphatic carbocycles. The van der Waals surface area contributed by atoms with Gasteiger partial charge in [-0.3, -0.25) is 0 Å². The fourth-order valence-electron chi connectivity index (χ4n) is 3.32. The molecule has 3 rings (SSSR count). The van der Waals surface area contributed by atoms with Crippen LogP contribution < -0.4 is 4.90 Å². The molecule has 118 valence electrons. The highest BCUT2D eigenvalue weighted by molar-refractivity contribution is 5.81. The van der Waals surface area contributed by atoms with Gasteiger partial charge in [0.05, 0.1) is 5.54 Å². The lowest BCUT2D eigenvalue weighted by atomic mass is 9.88. The normalized spacial score (nSPS) is 15.8. The van der Waals surface area contributed by atoms with Crippen LogP contribution in [0.4, 0.5) is 11.4 Å². The van der Waals surface area contributed by atoms with Gasteiger partial charge in [0, 0.05) is 39.6 Å². The summed E-state index contributed by atoms with van der Waals surface area (Å²) in [5.74, 6) is 0. The van der Waals surface area contributed by atoms with E-state index in [1.165, 1.54) is 29.4 Å². The standard InChI is InChI=1S/C20H23N2O/c1-15-13-20(2,3)22(19-8-6-5-7-18(15)19)14-16-9-11-17(12-10-16)21(4)23/h5-13H,14H2,1-4H3/q+1. The molecule has 0 amide bonds. The third kappa shape index (κ3) is 2.91. The summed E-state index contributed by atoms with van der Waals surface area (Å²) < 4.78 is 0.885. The van der Waals surface area contributed by atoms with Crippen molar-refractivity contribution in [2.45, 2.75) is 32.9 Å². The fourth-order valence-corrected chi connectivity index (χ4v) is 3.32. The first-order chi connectivity index (χ1) is 10.9. The van der Waals surface area contributed by atoms with E-state index >= 15 is 0 Å². The first-order valence-corrected chi connectivity index (χ1v) is 7.95. The minimum atomic E-state index is -0.0492. The second-order valence-electron chi connectivity index (χ2n) is 6.75. The number of nitrogens with zero attached hydrogens (tertiary/aromatic N) is 2. The number of para-hydroxylation sites is 1. The highest BCUT2D eigenvalue weighted by Gasteiger charge is 2.30. The lowest BCUT2D eigenvalue weighted by Gasteiger charge is -2.43. The van der Waals surface area contributed by atoms with Crippen molar-refractivity contribution >= 4 is 16.9 Å². The highest BCUT2D eigenvalue weighted by atomic mass is 16.3. The lowest BCUT2D eigenvalue weighted by molar-refractivity contribution is -0.428. The molecule has 3 heteroatoms. The third-order valence-electron chi connectivity index (χ3n) is 4.53. The van der Waals surface area contributed by atoms with E-state index < -0.39 is 0 Å². The largest absolute Gasteiger partial charge is 0.358 e.